The van der Waals surface area contributed by atoms with Crippen LogP contribution >= 0.6 is 0 Å². The molecule has 2 N–H and O–H groups in total. The molecule has 0 aliphatic heterocycles. The van der Waals surface area contributed by atoms with Crippen molar-refractivity contribution >= 4 is 16.8 Å². The number of hydrogen-bond acceptors (Lipinski definition) is 4. The van der Waals surface area contributed by atoms with Crippen LogP contribution < -0.4 is 20.2 Å². The number of rotatable bonds is 7. The average molecular weight is 380 g/mol. The molecule has 146 valence electrons. The number of aromatic amines is 1. The first-order valence-electron chi connectivity index (χ1n) is 9.36. The molecule has 1 unspecified atom stereocenters. The van der Waals surface area contributed by atoms with E-state index in [0.29, 0.717) is 35.6 Å². The molecule has 1 amide bonds. The molecule has 0 saturated heterocycles. The molecule has 28 heavy (non-hydrogen) atoms. The van der Waals surface area contributed by atoms with E-state index in [9.17, 15) is 9.59 Å². The highest BCUT2D eigenvalue weighted by Gasteiger charge is 2.17. The quantitative estimate of drug-likeness (QED) is 0.653. The van der Waals surface area contributed by atoms with Crippen molar-refractivity contribution in [2.45, 2.75) is 26.8 Å². The van der Waals surface area contributed by atoms with Gasteiger partial charge in [-0.15, -0.1) is 0 Å². The predicted molar refractivity (Wildman–Crippen MR) is 109 cm³/mol. The highest BCUT2D eigenvalue weighted by Crippen LogP contribution is 2.30. The van der Waals surface area contributed by atoms with Crippen molar-refractivity contribution in [1.82, 2.24) is 10.3 Å². The van der Waals surface area contributed by atoms with E-state index in [1.807, 2.05) is 45.0 Å². The molecule has 1 aromatic heterocycles. The second-order valence-electron chi connectivity index (χ2n) is 6.34. The molecule has 3 rings (SSSR count). The lowest BCUT2D eigenvalue weighted by atomic mass is 10.1. The predicted octanol–water partition coefficient (Wildman–Crippen LogP) is 3.82. The van der Waals surface area contributed by atoms with Crippen LogP contribution in [0.15, 0.2) is 53.5 Å². The highest BCUT2D eigenvalue weighted by molar-refractivity contribution is 5.97. The normalized spacial score (nSPS) is 11.8. The van der Waals surface area contributed by atoms with Crippen LogP contribution in [0.2, 0.25) is 0 Å². The zero-order valence-electron chi connectivity index (χ0n) is 16.2. The maximum Gasteiger partial charge on any atom is 0.257 e. The molecule has 3 aromatic rings. The fraction of sp³-hybridized carbons (Fsp3) is 0.273. The van der Waals surface area contributed by atoms with E-state index in [2.05, 4.69) is 10.3 Å². The monoisotopic (exact) mass is 380 g/mol. The minimum absolute atomic E-state index is 0.0847. The van der Waals surface area contributed by atoms with Crippen LogP contribution in [0.1, 0.15) is 42.7 Å². The summed E-state index contributed by atoms with van der Waals surface area (Å²) in [5.41, 5.74) is 1.35. The summed E-state index contributed by atoms with van der Waals surface area (Å²) < 4.78 is 11.2. The van der Waals surface area contributed by atoms with Crippen molar-refractivity contribution in [1.29, 1.82) is 0 Å². The maximum atomic E-state index is 12.7. The Hall–Kier alpha value is -3.28. The molecule has 0 aliphatic rings. The Morgan fingerprint density at radius 3 is 2.54 bits per heavy atom. The van der Waals surface area contributed by atoms with E-state index in [4.69, 9.17) is 9.47 Å². The van der Waals surface area contributed by atoms with Gasteiger partial charge in [0.15, 0.2) is 11.5 Å². The summed E-state index contributed by atoms with van der Waals surface area (Å²) >= 11 is 0. The third-order valence-electron chi connectivity index (χ3n) is 4.45. The minimum Gasteiger partial charge on any atom is -0.490 e. The number of carbonyl (C=O) groups is 1. The van der Waals surface area contributed by atoms with Crippen molar-refractivity contribution in [2.75, 3.05) is 13.2 Å². The number of para-hydroxylation sites is 1. The number of H-pyrrole nitrogens is 1. The van der Waals surface area contributed by atoms with Crippen LogP contribution in [-0.2, 0) is 0 Å². The van der Waals surface area contributed by atoms with Crippen LogP contribution in [0, 0.1) is 0 Å². The molecule has 0 fully saturated rings. The molecule has 0 spiro atoms. The molecular formula is C22H24N2O4. The fourth-order valence-corrected chi connectivity index (χ4v) is 3.03. The van der Waals surface area contributed by atoms with Gasteiger partial charge in [-0.3, -0.25) is 9.59 Å². The molecule has 6 nitrogen and oxygen atoms in total. The number of aromatic nitrogens is 1. The van der Waals surface area contributed by atoms with Crippen LogP contribution in [-0.4, -0.2) is 24.1 Å². The Kier molecular flexibility index (Phi) is 5.99. The molecule has 0 bridgehead atoms. The summed E-state index contributed by atoms with van der Waals surface area (Å²) in [7, 11) is 0. The number of benzene rings is 2. The van der Waals surface area contributed by atoms with Crippen molar-refractivity contribution in [3.05, 3.63) is 70.0 Å². The summed E-state index contributed by atoms with van der Waals surface area (Å²) in [5, 5.41) is 3.37. The lowest BCUT2D eigenvalue weighted by molar-refractivity contribution is 0.0938. The van der Waals surface area contributed by atoms with Crippen LogP contribution in [0.3, 0.4) is 0 Å². The van der Waals surface area contributed by atoms with E-state index in [1.54, 1.807) is 18.2 Å². The van der Waals surface area contributed by atoms with Gasteiger partial charge in [-0.05, 0) is 50.6 Å². The summed E-state index contributed by atoms with van der Waals surface area (Å²) in [4.78, 5) is 28.3. The van der Waals surface area contributed by atoms with Crippen LogP contribution in [0.5, 0.6) is 11.5 Å². The number of fused-ring (bicyclic) bond motifs is 1. The molecule has 0 radical (unpaired) electrons. The second kappa shape index (κ2) is 8.61. The Morgan fingerprint density at radius 1 is 1.07 bits per heavy atom. The standard InChI is InChI=1S/C22H24N2O4/c1-4-27-19-11-10-15(12-20(19)28-5-2)14(3)24-22(26)17-13-23-18-9-7-6-8-16(18)21(17)25/h6-14H,4-5H2,1-3H3,(H,23,25)(H,24,26). The molecule has 2 aromatic carbocycles. The van der Waals surface area contributed by atoms with Crippen LogP contribution in [0.25, 0.3) is 10.9 Å². The lowest BCUT2D eigenvalue weighted by Crippen LogP contribution is -2.31. The largest absolute Gasteiger partial charge is 0.490 e. The topological polar surface area (TPSA) is 80.4 Å². The van der Waals surface area contributed by atoms with Crippen molar-refractivity contribution in [3.63, 3.8) is 0 Å². The van der Waals surface area contributed by atoms with E-state index < -0.39 is 5.91 Å². The first-order valence-corrected chi connectivity index (χ1v) is 9.36. The van der Waals surface area contributed by atoms with Gasteiger partial charge in [0.05, 0.1) is 19.3 Å². The summed E-state index contributed by atoms with van der Waals surface area (Å²) in [6.45, 7) is 6.72. The third-order valence-corrected chi connectivity index (χ3v) is 4.45. The van der Waals surface area contributed by atoms with Gasteiger partial charge in [0.25, 0.3) is 5.91 Å². The van der Waals surface area contributed by atoms with Crippen LogP contribution in [0.4, 0.5) is 0 Å². The first kappa shape index (κ1) is 19.5. The number of carbonyl (C=O) groups excluding carboxylic acids is 1. The fourth-order valence-electron chi connectivity index (χ4n) is 3.03. The molecule has 0 saturated carbocycles. The van der Waals surface area contributed by atoms with Gasteiger partial charge in [0, 0.05) is 17.1 Å². The van der Waals surface area contributed by atoms with Gasteiger partial charge in [0.2, 0.25) is 5.43 Å². The van der Waals surface area contributed by atoms with E-state index >= 15 is 0 Å². The maximum absolute atomic E-state index is 12.7. The molecule has 1 atom stereocenters. The minimum atomic E-state index is -0.425. The van der Waals surface area contributed by atoms with Crippen molar-refractivity contribution in [2.24, 2.45) is 0 Å². The van der Waals surface area contributed by atoms with Gasteiger partial charge in [-0.1, -0.05) is 18.2 Å². The van der Waals surface area contributed by atoms with Gasteiger partial charge < -0.3 is 19.8 Å². The molecular weight excluding hydrogens is 356 g/mol. The Bertz CT molecular complexity index is 1040. The Morgan fingerprint density at radius 2 is 1.79 bits per heavy atom. The molecule has 1 heterocycles. The smallest absolute Gasteiger partial charge is 0.257 e. The van der Waals surface area contributed by atoms with E-state index in [1.165, 1.54) is 6.20 Å². The van der Waals surface area contributed by atoms with Gasteiger partial charge >= 0.3 is 0 Å². The molecule has 6 heteroatoms. The first-order chi connectivity index (χ1) is 13.5. The van der Waals surface area contributed by atoms with Gasteiger partial charge in [-0.2, -0.15) is 0 Å². The van der Waals surface area contributed by atoms with Gasteiger partial charge in [-0.25, -0.2) is 0 Å². The average Bonchev–Trinajstić information content (AvgIpc) is 2.70. The summed E-state index contributed by atoms with van der Waals surface area (Å²) in [5.74, 6) is 0.871. The number of ether oxygens (including phenoxy) is 2. The Labute approximate surface area is 163 Å². The number of amides is 1. The highest BCUT2D eigenvalue weighted by atomic mass is 16.5. The second-order valence-corrected chi connectivity index (χ2v) is 6.34. The lowest BCUT2D eigenvalue weighted by Gasteiger charge is -2.17. The number of pyridine rings is 1. The Balaban J connectivity index is 1.83. The van der Waals surface area contributed by atoms with Crippen molar-refractivity contribution < 1.29 is 14.3 Å². The summed E-state index contributed by atoms with van der Waals surface area (Å²) in [6, 6.07) is 12.4. The SMILES string of the molecule is CCOc1ccc(C(C)NC(=O)c2c[nH]c3ccccc3c2=O)cc1OCC. The zero-order valence-corrected chi connectivity index (χ0v) is 16.2. The van der Waals surface area contributed by atoms with Gasteiger partial charge in [0.1, 0.15) is 5.56 Å². The summed E-state index contributed by atoms with van der Waals surface area (Å²) in [6.07, 6.45) is 1.45. The molecule has 0 aliphatic carbocycles. The van der Waals surface area contributed by atoms with E-state index in [0.717, 1.165) is 5.56 Å². The van der Waals surface area contributed by atoms with Crippen molar-refractivity contribution in [3.8, 4) is 11.5 Å². The zero-order chi connectivity index (χ0) is 20.1. The number of hydrogen-bond donors (Lipinski definition) is 2. The third kappa shape index (κ3) is 4.01. The van der Waals surface area contributed by atoms with E-state index in [-0.39, 0.29) is 17.0 Å². The number of nitrogens with one attached hydrogen (secondary N) is 2.